The van der Waals surface area contributed by atoms with Crippen LogP contribution in [0.3, 0.4) is 0 Å². The van der Waals surface area contributed by atoms with Crippen molar-refractivity contribution in [1.29, 1.82) is 0 Å². The molecule has 11 heavy (non-hydrogen) atoms. The number of aliphatic hydroxyl groups excluding tert-OH is 1. The van der Waals surface area contributed by atoms with E-state index in [4.69, 9.17) is 11.6 Å². The van der Waals surface area contributed by atoms with Crippen LogP contribution in [0.1, 0.15) is 18.6 Å². The Bertz CT molecular complexity index is 260. The summed E-state index contributed by atoms with van der Waals surface area (Å²) < 4.78 is 0.775. The molecule has 0 aromatic heterocycles. The van der Waals surface area contributed by atoms with Gasteiger partial charge in [0.15, 0.2) is 0 Å². The van der Waals surface area contributed by atoms with Crippen LogP contribution in [-0.2, 0) is 0 Å². The lowest BCUT2D eigenvalue weighted by Crippen LogP contribution is -1.91. The summed E-state index contributed by atoms with van der Waals surface area (Å²) >= 11 is 9.09. The quantitative estimate of drug-likeness (QED) is 0.793. The molecule has 0 saturated carbocycles. The smallest absolute Gasteiger partial charge is 0.0773 e. The van der Waals surface area contributed by atoms with Gasteiger partial charge in [-0.05, 0) is 34.5 Å². The first-order chi connectivity index (χ1) is 5.13. The topological polar surface area (TPSA) is 20.2 Å². The van der Waals surface area contributed by atoms with Gasteiger partial charge < -0.3 is 5.11 Å². The van der Waals surface area contributed by atoms with Crippen LogP contribution in [0.25, 0.3) is 0 Å². The van der Waals surface area contributed by atoms with Gasteiger partial charge in [-0.25, -0.2) is 0 Å². The van der Waals surface area contributed by atoms with Crippen molar-refractivity contribution in [2.45, 2.75) is 13.0 Å². The summed E-state index contributed by atoms with van der Waals surface area (Å²) in [6.07, 6.45) is -0.483. The van der Waals surface area contributed by atoms with E-state index >= 15 is 0 Å². The normalized spacial score (nSPS) is 13.1. The van der Waals surface area contributed by atoms with Gasteiger partial charge in [0.05, 0.1) is 11.1 Å². The summed E-state index contributed by atoms with van der Waals surface area (Å²) in [6.45, 7) is 1.70. The van der Waals surface area contributed by atoms with Gasteiger partial charge in [0.25, 0.3) is 0 Å². The number of hydrogen-bond donors (Lipinski definition) is 1. The number of aliphatic hydroxyl groups is 1. The van der Waals surface area contributed by atoms with E-state index in [1.54, 1.807) is 13.0 Å². The van der Waals surface area contributed by atoms with Crippen LogP contribution in [0, 0.1) is 0 Å². The molecule has 1 rings (SSSR count). The monoisotopic (exact) mass is 234 g/mol. The first kappa shape index (κ1) is 9.04. The minimum atomic E-state index is -0.483. The summed E-state index contributed by atoms with van der Waals surface area (Å²) in [5, 5.41) is 9.87. The molecular weight excluding hydrogens is 227 g/mol. The zero-order valence-electron chi connectivity index (χ0n) is 6.01. The van der Waals surface area contributed by atoms with Gasteiger partial charge in [-0.2, -0.15) is 0 Å². The molecule has 0 aliphatic rings. The van der Waals surface area contributed by atoms with E-state index in [-0.39, 0.29) is 0 Å². The Morgan fingerprint density at radius 3 is 2.64 bits per heavy atom. The van der Waals surface area contributed by atoms with E-state index in [0.29, 0.717) is 5.02 Å². The molecule has 0 bridgehead atoms. The number of rotatable bonds is 1. The Morgan fingerprint density at radius 1 is 1.55 bits per heavy atom. The molecule has 0 heterocycles. The minimum Gasteiger partial charge on any atom is -0.389 e. The minimum absolute atomic E-state index is 0.483. The van der Waals surface area contributed by atoms with Gasteiger partial charge in [0, 0.05) is 4.47 Å². The van der Waals surface area contributed by atoms with E-state index < -0.39 is 6.10 Å². The van der Waals surface area contributed by atoms with Gasteiger partial charge in [-0.3, -0.25) is 0 Å². The van der Waals surface area contributed by atoms with Gasteiger partial charge >= 0.3 is 0 Å². The summed E-state index contributed by atoms with van der Waals surface area (Å²) in [7, 11) is 0. The summed E-state index contributed by atoms with van der Waals surface area (Å²) in [6, 6.07) is 5.42. The molecule has 0 fully saturated rings. The fraction of sp³-hybridized carbons (Fsp3) is 0.250. The van der Waals surface area contributed by atoms with Gasteiger partial charge in [0.1, 0.15) is 0 Å². The average Bonchev–Trinajstić information content (AvgIpc) is 1.94. The van der Waals surface area contributed by atoms with Gasteiger partial charge in [-0.15, -0.1) is 0 Å². The van der Waals surface area contributed by atoms with E-state index in [2.05, 4.69) is 15.9 Å². The second kappa shape index (κ2) is 3.57. The number of halogens is 2. The van der Waals surface area contributed by atoms with Crippen molar-refractivity contribution in [2.24, 2.45) is 0 Å². The molecule has 1 unspecified atom stereocenters. The molecule has 1 nitrogen and oxygen atoms in total. The van der Waals surface area contributed by atoms with Crippen molar-refractivity contribution in [1.82, 2.24) is 0 Å². The van der Waals surface area contributed by atoms with Crippen LogP contribution in [0.5, 0.6) is 0 Å². The van der Waals surface area contributed by atoms with E-state index in [1.165, 1.54) is 0 Å². The molecule has 1 aromatic carbocycles. The summed E-state index contributed by atoms with van der Waals surface area (Å²) in [4.78, 5) is 0. The van der Waals surface area contributed by atoms with Crippen LogP contribution in [0.4, 0.5) is 0 Å². The molecule has 0 aliphatic carbocycles. The molecule has 1 N–H and O–H groups in total. The zero-order chi connectivity index (χ0) is 8.43. The molecule has 0 spiro atoms. The lowest BCUT2D eigenvalue weighted by Gasteiger charge is -2.07. The molecule has 3 heteroatoms. The maximum absolute atomic E-state index is 9.24. The highest BCUT2D eigenvalue weighted by Gasteiger charge is 2.07. The van der Waals surface area contributed by atoms with Crippen molar-refractivity contribution in [3.8, 4) is 0 Å². The second-order valence-corrected chi connectivity index (χ2v) is 3.52. The van der Waals surface area contributed by atoms with Gasteiger partial charge in [0.2, 0.25) is 0 Å². The fourth-order valence-electron chi connectivity index (χ4n) is 0.843. The summed E-state index contributed by atoms with van der Waals surface area (Å²) in [5.74, 6) is 0. The largest absolute Gasteiger partial charge is 0.389 e. The second-order valence-electron chi connectivity index (χ2n) is 2.32. The maximum atomic E-state index is 9.24. The highest BCUT2D eigenvalue weighted by Crippen LogP contribution is 2.29. The SMILES string of the molecule is CC(O)c1cccc(Cl)c1Br. The van der Waals surface area contributed by atoms with E-state index in [1.807, 2.05) is 12.1 Å². The summed E-state index contributed by atoms with van der Waals surface area (Å²) in [5.41, 5.74) is 0.817. The molecule has 0 radical (unpaired) electrons. The third-order valence-corrected chi connectivity index (χ3v) is 2.86. The Labute approximate surface area is 79.1 Å². The third-order valence-electron chi connectivity index (χ3n) is 1.43. The van der Waals surface area contributed by atoms with Gasteiger partial charge in [-0.1, -0.05) is 23.7 Å². The fourth-order valence-corrected chi connectivity index (χ4v) is 1.62. The number of hydrogen-bond acceptors (Lipinski definition) is 1. The zero-order valence-corrected chi connectivity index (χ0v) is 8.35. The Morgan fingerprint density at radius 2 is 2.18 bits per heavy atom. The van der Waals surface area contributed by atoms with Crippen LogP contribution >= 0.6 is 27.5 Å². The average molecular weight is 236 g/mol. The van der Waals surface area contributed by atoms with E-state index in [9.17, 15) is 5.11 Å². The predicted octanol–water partition coefficient (Wildman–Crippen LogP) is 3.16. The van der Waals surface area contributed by atoms with Crippen molar-refractivity contribution in [2.75, 3.05) is 0 Å². The van der Waals surface area contributed by atoms with Crippen molar-refractivity contribution in [3.63, 3.8) is 0 Å². The molecule has 0 amide bonds. The highest BCUT2D eigenvalue weighted by molar-refractivity contribution is 9.10. The lowest BCUT2D eigenvalue weighted by atomic mass is 10.1. The Balaban J connectivity index is 3.17. The van der Waals surface area contributed by atoms with Crippen LogP contribution in [-0.4, -0.2) is 5.11 Å². The maximum Gasteiger partial charge on any atom is 0.0773 e. The highest BCUT2D eigenvalue weighted by atomic mass is 79.9. The van der Waals surface area contributed by atoms with Crippen molar-refractivity contribution < 1.29 is 5.11 Å². The van der Waals surface area contributed by atoms with Crippen molar-refractivity contribution >= 4 is 27.5 Å². The number of benzene rings is 1. The molecule has 1 atom stereocenters. The predicted molar refractivity (Wildman–Crippen MR) is 49.8 cm³/mol. The third kappa shape index (κ3) is 1.95. The molecule has 0 saturated heterocycles. The molecule has 60 valence electrons. The first-order valence-electron chi connectivity index (χ1n) is 3.25. The first-order valence-corrected chi connectivity index (χ1v) is 4.42. The standard InChI is InChI=1S/C8H8BrClO/c1-5(11)6-3-2-4-7(10)8(6)9/h2-5,11H,1H3. The molecular formula is C8H8BrClO. The lowest BCUT2D eigenvalue weighted by molar-refractivity contribution is 0.198. The Hall–Kier alpha value is -0.0500. The van der Waals surface area contributed by atoms with Crippen LogP contribution in [0.15, 0.2) is 22.7 Å². The molecule has 0 aliphatic heterocycles. The molecule has 1 aromatic rings. The Kier molecular flexibility index (Phi) is 2.93. The van der Waals surface area contributed by atoms with Crippen LogP contribution in [0.2, 0.25) is 5.02 Å². The van der Waals surface area contributed by atoms with Crippen molar-refractivity contribution in [3.05, 3.63) is 33.3 Å². The van der Waals surface area contributed by atoms with Crippen LogP contribution < -0.4 is 0 Å². The van der Waals surface area contributed by atoms with E-state index in [0.717, 1.165) is 10.0 Å².